The van der Waals surface area contributed by atoms with Crippen molar-refractivity contribution in [3.05, 3.63) is 28.8 Å². The van der Waals surface area contributed by atoms with Crippen LogP contribution in [0.1, 0.15) is 24.2 Å². The Bertz CT molecular complexity index is 570. The fraction of sp³-hybridized carbons (Fsp3) is 0.364. The quantitative estimate of drug-likeness (QED) is 0.804. The van der Waals surface area contributed by atoms with Crippen molar-refractivity contribution in [2.75, 3.05) is 11.4 Å². The zero-order valence-corrected chi connectivity index (χ0v) is 12.5. The first-order chi connectivity index (χ1) is 8.17. The van der Waals surface area contributed by atoms with Crippen LogP contribution in [0.2, 0.25) is 5.02 Å². The summed E-state index contributed by atoms with van der Waals surface area (Å²) in [6.07, 6.45) is 0. The van der Waals surface area contributed by atoms with Gasteiger partial charge in [-0.05, 0) is 43.6 Å². The third-order valence-corrected chi connectivity index (χ3v) is 5.08. The van der Waals surface area contributed by atoms with Gasteiger partial charge >= 0.3 is 0 Å². The third-order valence-electron chi connectivity index (χ3n) is 2.49. The van der Waals surface area contributed by atoms with Gasteiger partial charge in [0.15, 0.2) is 0 Å². The molecule has 0 saturated heterocycles. The second-order valence-corrected chi connectivity index (χ2v) is 7.30. The van der Waals surface area contributed by atoms with Crippen molar-refractivity contribution in [3.63, 3.8) is 0 Å². The molecule has 0 saturated carbocycles. The molecular weight excluding hydrogens is 297 g/mol. The van der Waals surface area contributed by atoms with Crippen molar-refractivity contribution in [1.29, 1.82) is 0 Å². The summed E-state index contributed by atoms with van der Waals surface area (Å²) in [7, 11) is -2.17. The summed E-state index contributed by atoms with van der Waals surface area (Å²) in [4.78, 5) is 11.3. The van der Waals surface area contributed by atoms with Crippen LogP contribution in [0.3, 0.4) is 0 Å². The predicted octanol–water partition coefficient (Wildman–Crippen LogP) is 2.89. The van der Waals surface area contributed by atoms with Gasteiger partial charge in [-0.15, -0.1) is 0 Å². The number of carbonyl (C=O) groups excluding carboxylic acids is 1. The summed E-state index contributed by atoms with van der Waals surface area (Å²) in [5, 5.41) is -1.01. The molecule has 0 bridgehead atoms. The highest BCUT2D eigenvalue weighted by atomic mass is 35.5. The van der Waals surface area contributed by atoms with Crippen molar-refractivity contribution in [1.82, 2.24) is 0 Å². The fourth-order valence-corrected chi connectivity index (χ4v) is 2.77. The highest BCUT2D eigenvalue weighted by Gasteiger charge is 2.25. The predicted molar refractivity (Wildman–Crippen MR) is 74.1 cm³/mol. The van der Waals surface area contributed by atoms with E-state index < -0.39 is 20.5 Å². The van der Waals surface area contributed by atoms with Gasteiger partial charge in [0.1, 0.15) is 0 Å². The Kier molecular flexibility index (Phi) is 4.64. The van der Waals surface area contributed by atoms with Crippen molar-refractivity contribution in [2.45, 2.75) is 19.1 Å². The van der Waals surface area contributed by atoms with E-state index in [0.717, 1.165) is 4.31 Å². The van der Waals surface area contributed by atoms with Crippen LogP contribution < -0.4 is 4.31 Å². The molecule has 0 atom stereocenters. The van der Waals surface area contributed by atoms with Crippen molar-refractivity contribution >= 4 is 44.2 Å². The Morgan fingerprint density at radius 3 is 2.33 bits per heavy atom. The molecule has 0 spiro atoms. The van der Waals surface area contributed by atoms with E-state index in [0.29, 0.717) is 5.02 Å². The van der Waals surface area contributed by atoms with E-state index in [-0.39, 0.29) is 11.3 Å². The molecule has 0 aliphatic rings. The summed E-state index contributed by atoms with van der Waals surface area (Å²) >= 11 is 11.3. The summed E-state index contributed by atoms with van der Waals surface area (Å²) in [5.41, 5.74) is 0.281. The Morgan fingerprint density at radius 1 is 1.33 bits per heavy atom. The van der Waals surface area contributed by atoms with Gasteiger partial charge in [-0.1, -0.05) is 11.6 Å². The van der Waals surface area contributed by atoms with Crippen LogP contribution in [0.5, 0.6) is 0 Å². The number of benzene rings is 1. The average molecular weight is 310 g/mol. The van der Waals surface area contributed by atoms with Gasteiger partial charge in [0.05, 0.1) is 16.5 Å². The standard InChI is InChI=1S/C11H13Cl2NO3S/c1-7(2)18(16,17)14(3)10-6-8(12)4-5-9(10)11(13)15/h4-7H,1-3H3. The number of sulfonamides is 1. The third kappa shape index (κ3) is 2.96. The van der Waals surface area contributed by atoms with E-state index in [9.17, 15) is 13.2 Å². The Morgan fingerprint density at radius 2 is 1.89 bits per heavy atom. The van der Waals surface area contributed by atoms with Gasteiger partial charge in [0.25, 0.3) is 5.24 Å². The monoisotopic (exact) mass is 309 g/mol. The maximum atomic E-state index is 12.0. The van der Waals surface area contributed by atoms with Gasteiger partial charge in [0.2, 0.25) is 10.0 Å². The average Bonchev–Trinajstić information content (AvgIpc) is 2.27. The molecule has 0 aliphatic carbocycles. The lowest BCUT2D eigenvalue weighted by Crippen LogP contribution is -2.33. The van der Waals surface area contributed by atoms with Crippen molar-refractivity contribution in [2.24, 2.45) is 0 Å². The van der Waals surface area contributed by atoms with E-state index in [2.05, 4.69) is 0 Å². The lowest BCUT2D eigenvalue weighted by molar-refractivity contribution is 0.108. The highest BCUT2D eigenvalue weighted by molar-refractivity contribution is 7.93. The largest absolute Gasteiger partial charge is 0.276 e. The first kappa shape index (κ1) is 15.3. The van der Waals surface area contributed by atoms with E-state index in [1.165, 1.54) is 25.2 Å². The fourth-order valence-electron chi connectivity index (χ4n) is 1.38. The molecule has 0 unspecified atom stereocenters. The molecule has 1 aromatic carbocycles. The maximum Gasteiger partial charge on any atom is 0.254 e. The molecule has 0 fully saturated rings. The SMILES string of the molecule is CC(C)S(=O)(=O)N(C)c1cc(Cl)ccc1C(=O)Cl. The number of anilines is 1. The number of hydrogen-bond donors (Lipinski definition) is 0. The smallest absolute Gasteiger partial charge is 0.254 e. The number of halogens is 2. The van der Waals surface area contributed by atoms with Crippen LogP contribution >= 0.6 is 23.2 Å². The molecular formula is C11H13Cl2NO3S. The minimum Gasteiger partial charge on any atom is -0.276 e. The summed E-state index contributed by atoms with van der Waals surface area (Å²) < 4.78 is 25.1. The second-order valence-electron chi connectivity index (χ2n) is 4.00. The van der Waals surface area contributed by atoms with Gasteiger partial charge < -0.3 is 0 Å². The van der Waals surface area contributed by atoms with Gasteiger partial charge in [-0.25, -0.2) is 8.42 Å². The minimum atomic E-state index is -3.54. The Balaban J connectivity index is 3.41. The summed E-state index contributed by atoms with van der Waals surface area (Å²) in [6, 6.07) is 4.28. The van der Waals surface area contributed by atoms with Crippen molar-refractivity contribution < 1.29 is 13.2 Å². The number of hydrogen-bond acceptors (Lipinski definition) is 3. The molecule has 0 amide bonds. The molecule has 0 N–H and O–H groups in total. The molecule has 100 valence electrons. The van der Waals surface area contributed by atoms with E-state index in [4.69, 9.17) is 23.2 Å². The first-order valence-corrected chi connectivity index (χ1v) is 7.41. The number of rotatable bonds is 4. The van der Waals surface area contributed by atoms with Crippen molar-refractivity contribution in [3.8, 4) is 0 Å². The topological polar surface area (TPSA) is 54.5 Å². The molecule has 0 aromatic heterocycles. The normalized spacial score (nSPS) is 11.7. The first-order valence-electron chi connectivity index (χ1n) is 5.15. The van der Waals surface area contributed by atoms with Crippen LogP contribution in [0.4, 0.5) is 5.69 Å². The van der Waals surface area contributed by atoms with Crippen LogP contribution in [0.25, 0.3) is 0 Å². The molecule has 1 rings (SSSR count). The zero-order chi connectivity index (χ0) is 14.1. The summed E-state index contributed by atoms with van der Waals surface area (Å²) in [6.45, 7) is 3.11. The molecule has 0 heterocycles. The zero-order valence-electron chi connectivity index (χ0n) is 10.1. The molecule has 0 aliphatic heterocycles. The van der Waals surface area contributed by atoms with Gasteiger partial charge in [0, 0.05) is 12.1 Å². The number of nitrogens with zero attached hydrogens (tertiary/aromatic N) is 1. The molecule has 4 nitrogen and oxygen atoms in total. The van der Waals surface area contributed by atoms with E-state index >= 15 is 0 Å². The Labute approximate surface area is 117 Å². The second kappa shape index (κ2) is 5.47. The van der Waals surface area contributed by atoms with Gasteiger partial charge in [-0.2, -0.15) is 0 Å². The summed E-state index contributed by atoms with van der Waals surface area (Å²) in [5.74, 6) is 0. The lowest BCUT2D eigenvalue weighted by atomic mass is 10.2. The molecule has 18 heavy (non-hydrogen) atoms. The molecule has 7 heteroatoms. The van der Waals surface area contributed by atoms with E-state index in [1.807, 2.05) is 0 Å². The lowest BCUT2D eigenvalue weighted by Gasteiger charge is -2.23. The van der Waals surface area contributed by atoms with Crippen LogP contribution in [-0.4, -0.2) is 26.0 Å². The molecule has 1 aromatic rings. The van der Waals surface area contributed by atoms with E-state index in [1.54, 1.807) is 13.8 Å². The molecule has 0 radical (unpaired) electrons. The Hall–Kier alpha value is -0.780. The van der Waals surface area contributed by atoms with Crippen LogP contribution in [0.15, 0.2) is 18.2 Å². The maximum absolute atomic E-state index is 12.0. The van der Waals surface area contributed by atoms with Gasteiger partial charge in [-0.3, -0.25) is 9.10 Å². The number of carbonyl (C=O) groups is 1. The van der Waals surface area contributed by atoms with Crippen LogP contribution in [-0.2, 0) is 10.0 Å². The minimum absolute atomic E-state index is 0.104. The highest BCUT2D eigenvalue weighted by Crippen LogP contribution is 2.28. The van der Waals surface area contributed by atoms with Crippen LogP contribution in [0, 0.1) is 0 Å².